The highest BCUT2D eigenvalue weighted by Gasteiger charge is 2.18. The minimum Gasteiger partial charge on any atom is -0.295 e. The topological polar surface area (TPSA) is 34.1 Å². The van der Waals surface area contributed by atoms with Crippen LogP contribution in [0.2, 0.25) is 0 Å². The molecule has 1 aliphatic carbocycles. The van der Waals surface area contributed by atoms with Gasteiger partial charge in [0.15, 0.2) is 11.6 Å². The van der Waals surface area contributed by atoms with Gasteiger partial charge in [-0.25, -0.2) is 0 Å². The normalized spacial score (nSPS) is 19.2. The fourth-order valence-corrected chi connectivity index (χ4v) is 1.72. The maximum atomic E-state index is 11.5. The maximum absolute atomic E-state index is 11.5. The van der Waals surface area contributed by atoms with Crippen LogP contribution in [0.25, 0.3) is 0 Å². The van der Waals surface area contributed by atoms with Crippen LogP contribution < -0.4 is 0 Å². The Bertz CT molecular complexity index is 222. The third-order valence-electron chi connectivity index (χ3n) is 2.49. The third kappa shape index (κ3) is 3.53. The third-order valence-corrected chi connectivity index (χ3v) is 2.49. The summed E-state index contributed by atoms with van der Waals surface area (Å²) >= 11 is 0. The Morgan fingerprint density at radius 1 is 1.08 bits per heavy atom. The highest BCUT2D eigenvalue weighted by Crippen LogP contribution is 2.24. The maximum Gasteiger partial charge on any atom is 0.158 e. The number of hydrogen-bond acceptors (Lipinski definition) is 2. The van der Waals surface area contributed by atoms with E-state index in [1.54, 1.807) is 0 Å². The van der Waals surface area contributed by atoms with Crippen molar-refractivity contribution in [3.05, 3.63) is 12.2 Å². The summed E-state index contributed by atoms with van der Waals surface area (Å²) in [6.45, 7) is 1.46. The lowest BCUT2D eigenvalue weighted by atomic mass is 9.86. The minimum atomic E-state index is -0.0517. The monoisotopic (exact) mass is 180 g/mol. The van der Waals surface area contributed by atoms with E-state index in [2.05, 4.69) is 0 Å². The van der Waals surface area contributed by atoms with Gasteiger partial charge in [0.2, 0.25) is 0 Å². The predicted molar refractivity (Wildman–Crippen MR) is 51.4 cm³/mol. The van der Waals surface area contributed by atoms with Crippen molar-refractivity contribution in [2.45, 2.75) is 39.0 Å². The van der Waals surface area contributed by atoms with Gasteiger partial charge in [0, 0.05) is 5.92 Å². The van der Waals surface area contributed by atoms with Crippen LogP contribution in [0.1, 0.15) is 39.0 Å². The van der Waals surface area contributed by atoms with Crippen molar-refractivity contribution in [3.8, 4) is 0 Å². The first-order valence-corrected chi connectivity index (χ1v) is 4.92. The van der Waals surface area contributed by atoms with Crippen molar-refractivity contribution in [1.82, 2.24) is 0 Å². The Balaban J connectivity index is 2.41. The fourth-order valence-electron chi connectivity index (χ4n) is 1.72. The molecule has 0 aromatic rings. The van der Waals surface area contributed by atoms with E-state index in [-0.39, 0.29) is 17.5 Å². The Kier molecular flexibility index (Phi) is 3.87. The molecule has 2 heteroatoms. The molecule has 0 radical (unpaired) electrons. The predicted octanol–water partition coefficient (Wildman–Crippen LogP) is 2.28. The molecular formula is C11H16O2. The van der Waals surface area contributed by atoms with Gasteiger partial charge in [-0.1, -0.05) is 19.3 Å². The molecule has 0 N–H and O–H groups in total. The van der Waals surface area contributed by atoms with E-state index in [1.807, 2.05) is 0 Å². The first-order chi connectivity index (χ1) is 6.20. The first kappa shape index (κ1) is 10.2. The first-order valence-electron chi connectivity index (χ1n) is 4.92. The summed E-state index contributed by atoms with van der Waals surface area (Å²) in [5, 5.41) is 0. The molecule has 13 heavy (non-hydrogen) atoms. The van der Waals surface area contributed by atoms with Crippen LogP contribution in [0.4, 0.5) is 0 Å². The van der Waals surface area contributed by atoms with E-state index in [0.717, 1.165) is 25.7 Å². The summed E-state index contributed by atoms with van der Waals surface area (Å²) in [5.41, 5.74) is 0. The molecule has 0 saturated heterocycles. The van der Waals surface area contributed by atoms with Crippen LogP contribution in [0.5, 0.6) is 0 Å². The van der Waals surface area contributed by atoms with Crippen molar-refractivity contribution in [3.63, 3.8) is 0 Å². The highest BCUT2D eigenvalue weighted by atomic mass is 16.1. The molecule has 0 atom stereocenters. The second-order valence-corrected chi connectivity index (χ2v) is 3.68. The van der Waals surface area contributed by atoms with E-state index < -0.39 is 0 Å². The second kappa shape index (κ2) is 4.95. The molecule has 0 aromatic carbocycles. The standard InChI is InChI=1S/C11H16O2/c1-9(12)7-8-11(13)10-5-3-2-4-6-10/h7-8,10H,2-6H2,1H3/b8-7-. The van der Waals surface area contributed by atoms with Gasteiger partial charge < -0.3 is 0 Å². The Labute approximate surface area is 79.0 Å². The molecule has 0 spiro atoms. The van der Waals surface area contributed by atoms with Crippen LogP contribution in [-0.4, -0.2) is 11.6 Å². The lowest BCUT2D eigenvalue weighted by Crippen LogP contribution is -2.15. The molecular weight excluding hydrogens is 164 g/mol. The average molecular weight is 180 g/mol. The SMILES string of the molecule is CC(=O)/C=C\C(=O)C1CCCCC1. The summed E-state index contributed by atoms with van der Waals surface area (Å²) in [7, 11) is 0. The van der Waals surface area contributed by atoms with Gasteiger partial charge in [-0.15, -0.1) is 0 Å². The van der Waals surface area contributed by atoms with Gasteiger partial charge >= 0.3 is 0 Å². The molecule has 1 aliphatic rings. The number of carbonyl (C=O) groups is 2. The summed E-state index contributed by atoms with van der Waals surface area (Å²) in [4.78, 5) is 22.1. The highest BCUT2D eigenvalue weighted by molar-refractivity contribution is 5.98. The van der Waals surface area contributed by atoms with E-state index >= 15 is 0 Å². The second-order valence-electron chi connectivity index (χ2n) is 3.68. The summed E-state index contributed by atoms with van der Waals surface area (Å²) in [6, 6.07) is 0. The van der Waals surface area contributed by atoms with E-state index in [9.17, 15) is 9.59 Å². The fraction of sp³-hybridized carbons (Fsp3) is 0.636. The molecule has 1 rings (SSSR count). The zero-order valence-electron chi connectivity index (χ0n) is 8.08. The quantitative estimate of drug-likeness (QED) is 0.624. The van der Waals surface area contributed by atoms with Crippen molar-refractivity contribution in [2.75, 3.05) is 0 Å². The van der Waals surface area contributed by atoms with Gasteiger partial charge in [0.1, 0.15) is 0 Å². The van der Waals surface area contributed by atoms with Crippen molar-refractivity contribution < 1.29 is 9.59 Å². The molecule has 0 amide bonds. The molecule has 0 bridgehead atoms. The molecule has 0 heterocycles. The molecule has 72 valence electrons. The van der Waals surface area contributed by atoms with Gasteiger partial charge in [-0.2, -0.15) is 0 Å². The number of hydrogen-bond donors (Lipinski definition) is 0. The summed E-state index contributed by atoms with van der Waals surface area (Å²) in [6.07, 6.45) is 8.38. The lowest BCUT2D eigenvalue weighted by molar-refractivity contribution is -0.119. The minimum absolute atomic E-state index is 0.0517. The van der Waals surface area contributed by atoms with Crippen molar-refractivity contribution in [2.24, 2.45) is 5.92 Å². The van der Waals surface area contributed by atoms with E-state index in [0.29, 0.717) is 0 Å². The summed E-state index contributed by atoms with van der Waals surface area (Å²) < 4.78 is 0. The van der Waals surface area contributed by atoms with Crippen molar-refractivity contribution >= 4 is 11.6 Å². The number of carbonyl (C=O) groups excluding carboxylic acids is 2. The van der Waals surface area contributed by atoms with Gasteiger partial charge in [-0.3, -0.25) is 9.59 Å². The number of rotatable bonds is 3. The van der Waals surface area contributed by atoms with Gasteiger partial charge in [0.25, 0.3) is 0 Å². The zero-order valence-corrected chi connectivity index (χ0v) is 8.08. The Morgan fingerprint density at radius 2 is 1.69 bits per heavy atom. The average Bonchev–Trinajstić information content (AvgIpc) is 2.15. The largest absolute Gasteiger partial charge is 0.295 e. The molecule has 0 unspecified atom stereocenters. The van der Waals surface area contributed by atoms with Crippen LogP contribution in [0, 0.1) is 5.92 Å². The Morgan fingerprint density at radius 3 is 2.23 bits per heavy atom. The number of allylic oxidation sites excluding steroid dienone is 2. The van der Waals surface area contributed by atoms with Gasteiger partial charge in [0.05, 0.1) is 0 Å². The molecule has 2 nitrogen and oxygen atoms in total. The smallest absolute Gasteiger partial charge is 0.158 e. The van der Waals surface area contributed by atoms with Crippen LogP contribution in [-0.2, 0) is 9.59 Å². The molecule has 1 saturated carbocycles. The van der Waals surface area contributed by atoms with Crippen LogP contribution in [0.3, 0.4) is 0 Å². The molecule has 0 aromatic heterocycles. The van der Waals surface area contributed by atoms with E-state index in [1.165, 1.54) is 25.5 Å². The van der Waals surface area contributed by atoms with Crippen LogP contribution in [0.15, 0.2) is 12.2 Å². The number of ketones is 2. The molecule has 1 fully saturated rings. The van der Waals surface area contributed by atoms with Crippen LogP contribution >= 0.6 is 0 Å². The van der Waals surface area contributed by atoms with Crippen molar-refractivity contribution in [1.29, 1.82) is 0 Å². The molecule has 0 aliphatic heterocycles. The lowest BCUT2D eigenvalue weighted by Gasteiger charge is -2.18. The van der Waals surface area contributed by atoms with E-state index in [4.69, 9.17) is 0 Å². The zero-order chi connectivity index (χ0) is 9.68. The van der Waals surface area contributed by atoms with Gasteiger partial charge in [-0.05, 0) is 31.9 Å². The summed E-state index contributed by atoms with van der Waals surface area (Å²) in [5.74, 6) is 0.267. The Hall–Kier alpha value is -0.920.